The number of hydrogen-bond acceptors (Lipinski definition) is 1. The molecule has 0 aromatic heterocycles. The Morgan fingerprint density at radius 1 is 1.53 bits per heavy atom. The van der Waals surface area contributed by atoms with E-state index in [9.17, 15) is 4.39 Å². The van der Waals surface area contributed by atoms with Crippen LogP contribution < -0.4 is 0 Å². The van der Waals surface area contributed by atoms with Gasteiger partial charge in [-0.15, -0.1) is 11.6 Å². The maximum absolute atomic E-state index is 13.1. The number of alkyl halides is 1. The van der Waals surface area contributed by atoms with Crippen LogP contribution in [0.4, 0.5) is 4.39 Å². The molecule has 2 rings (SSSR count). The van der Waals surface area contributed by atoms with E-state index in [0.717, 1.165) is 18.6 Å². The highest BCUT2D eigenvalue weighted by Crippen LogP contribution is 2.35. The van der Waals surface area contributed by atoms with Gasteiger partial charge in [-0.1, -0.05) is 12.1 Å². The number of hydrogen-bond donors (Lipinski definition) is 0. The highest BCUT2D eigenvalue weighted by atomic mass is 35.5. The summed E-state index contributed by atoms with van der Waals surface area (Å²) in [4.78, 5) is 0. The predicted molar refractivity (Wildman–Crippen MR) is 58.7 cm³/mol. The van der Waals surface area contributed by atoms with E-state index < -0.39 is 0 Å². The predicted octanol–water partition coefficient (Wildman–Crippen LogP) is 3.45. The summed E-state index contributed by atoms with van der Waals surface area (Å²) in [6.45, 7) is 2.52. The molecule has 1 aliphatic rings. The molecule has 2 unspecified atom stereocenters. The largest absolute Gasteiger partial charge is 0.373 e. The molecule has 3 heteroatoms. The number of rotatable bonds is 2. The van der Waals surface area contributed by atoms with Crippen molar-refractivity contribution in [1.29, 1.82) is 0 Å². The maximum Gasteiger partial charge on any atom is 0.126 e. The molecule has 0 spiro atoms. The van der Waals surface area contributed by atoms with Crippen LogP contribution in [0.2, 0.25) is 0 Å². The third kappa shape index (κ3) is 2.16. The molecule has 0 aliphatic carbocycles. The molecule has 15 heavy (non-hydrogen) atoms. The number of benzene rings is 1. The molecule has 1 fully saturated rings. The van der Waals surface area contributed by atoms with Gasteiger partial charge in [0.1, 0.15) is 5.82 Å². The van der Waals surface area contributed by atoms with Gasteiger partial charge in [-0.3, -0.25) is 0 Å². The first kappa shape index (κ1) is 10.9. The summed E-state index contributed by atoms with van der Waals surface area (Å²) in [7, 11) is 0. The van der Waals surface area contributed by atoms with E-state index in [4.69, 9.17) is 16.3 Å². The van der Waals surface area contributed by atoms with Crippen molar-refractivity contribution in [2.45, 2.75) is 19.4 Å². The zero-order valence-corrected chi connectivity index (χ0v) is 9.43. The SMILES string of the molecule is Cc1cc(C2OCCC2CCl)ccc1F. The van der Waals surface area contributed by atoms with Crippen molar-refractivity contribution in [3.63, 3.8) is 0 Å². The minimum atomic E-state index is -0.167. The zero-order valence-electron chi connectivity index (χ0n) is 8.67. The summed E-state index contributed by atoms with van der Waals surface area (Å²) in [6.07, 6.45) is 1.03. The Balaban J connectivity index is 2.25. The first-order valence-electron chi connectivity index (χ1n) is 5.16. The summed E-state index contributed by atoms with van der Waals surface area (Å²) in [5.74, 6) is 0.789. The van der Waals surface area contributed by atoms with Crippen molar-refractivity contribution < 1.29 is 9.13 Å². The van der Waals surface area contributed by atoms with E-state index in [2.05, 4.69) is 0 Å². The van der Waals surface area contributed by atoms with Crippen LogP contribution in [0.25, 0.3) is 0 Å². The summed E-state index contributed by atoms with van der Waals surface area (Å²) in [5.41, 5.74) is 1.70. The Morgan fingerprint density at radius 3 is 3.00 bits per heavy atom. The molecule has 0 N–H and O–H groups in total. The third-order valence-corrected chi connectivity index (χ3v) is 3.32. The molecule has 1 nitrogen and oxygen atoms in total. The topological polar surface area (TPSA) is 9.23 Å². The molecule has 82 valence electrons. The molecule has 0 amide bonds. The Hall–Kier alpha value is -0.600. The van der Waals surface area contributed by atoms with E-state index in [1.807, 2.05) is 6.07 Å². The molecule has 0 bridgehead atoms. The van der Waals surface area contributed by atoms with Crippen LogP contribution >= 0.6 is 11.6 Å². The molecule has 0 radical (unpaired) electrons. The van der Waals surface area contributed by atoms with Crippen LogP contribution in [0.15, 0.2) is 18.2 Å². The van der Waals surface area contributed by atoms with Gasteiger partial charge in [0.25, 0.3) is 0 Å². The Kier molecular flexibility index (Phi) is 3.27. The van der Waals surface area contributed by atoms with Crippen LogP contribution in [-0.4, -0.2) is 12.5 Å². The van der Waals surface area contributed by atoms with Gasteiger partial charge in [0.2, 0.25) is 0 Å². The fourth-order valence-electron chi connectivity index (χ4n) is 2.01. The van der Waals surface area contributed by atoms with Gasteiger partial charge in [-0.25, -0.2) is 4.39 Å². The highest BCUT2D eigenvalue weighted by molar-refractivity contribution is 6.18. The van der Waals surface area contributed by atoms with E-state index in [1.165, 1.54) is 6.07 Å². The maximum atomic E-state index is 13.1. The molecular formula is C12H14ClFO. The van der Waals surface area contributed by atoms with Crippen LogP contribution in [0.5, 0.6) is 0 Å². The lowest BCUT2D eigenvalue weighted by Gasteiger charge is -2.17. The first-order valence-corrected chi connectivity index (χ1v) is 5.69. The lowest BCUT2D eigenvalue weighted by Crippen LogP contribution is -2.09. The number of aryl methyl sites for hydroxylation is 1. The van der Waals surface area contributed by atoms with Crippen molar-refractivity contribution in [2.75, 3.05) is 12.5 Å². The summed E-state index contributed by atoms with van der Waals surface area (Å²) in [6, 6.07) is 5.14. The van der Waals surface area contributed by atoms with Gasteiger partial charge in [-0.2, -0.15) is 0 Å². The lowest BCUT2D eigenvalue weighted by atomic mass is 9.96. The van der Waals surface area contributed by atoms with Gasteiger partial charge >= 0.3 is 0 Å². The van der Waals surface area contributed by atoms with E-state index in [-0.39, 0.29) is 11.9 Å². The third-order valence-electron chi connectivity index (χ3n) is 2.92. The van der Waals surface area contributed by atoms with Gasteiger partial charge in [-0.05, 0) is 30.5 Å². The molecule has 1 aliphatic heterocycles. The molecule has 2 atom stereocenters. The molecular weight excluding hydrogens is 215 g/mol. The van der Waals surface area contributed by atoms with Crippen molar-refractivity contribution in [1.82, 2.24) is 0 Å². The molecule has 1 saturated heterocycles. The fraction of sp³-hybridized carbons (Fsp3) is 0.500. The fourth-order valence-corrected chi connectivity index (χ4v) is 2.32. The average molecular weight is 229 g/mol. The Morgan fingerprint density at radius 2 is 2.33 bits per heavy atom. The zero-order chi connectivity index (χ0) is 10.8. The summed E-state index contributed by atoms with van der Waals surface area (Å²) >= 11 is 5.87. The van der Waals surface area contributed by atoms with Crippen LogP contribution in [-0.2, 0) is 4.74 Å². The second-order valence-corrected chi connectivity index (χ2v) is 4.31. The van der Waals surface area contributed by atoms with E-state index in [0.29, 0.717) is 17.4 Å². The van der Waals surface area contributed by atoms with Crippen molar-refractivity contribution in [3.05, 3.63) is 35.1 Å². The van der Waals surface area contributed by atoms with Crippen LogP contribution in [0, 0.1) is 18.7 Å². The molecule has 1 aromatic rings. The first-order chi connectivity index (χ1) is 7.22. The Labute approximate surface area is 94.2 Å². The van der Waals surface area contributed by atoms with Crippen molar-refractivity contribution >= 4 is 11.6 Å². The van der Waals surface area contributed by atoms with Gasteiger partial charge < -0.3 is 4.74 Å². The normalized spacial score (nSPS) is 25.8. The minimum Gasteiger partial charge on any atom is -0.373 e. The van der Waals surface area contributed by atoms with Crippen LogP contribution in [0.3, 0.4) is 0 Å². The van der Waals surface area contributed by atoms with Crippen molar-refractivity contribution in [2.24, 2.45) is 5.92 Å². The average Bonchev–Trinajstić information content (AvgIpc) is 2.70. The number of ether oxygens (including phenoxy) is 1. The monoisotopic (exact) mass is 228 g/mol. The number of halogens is 2. The van der Waals surface area contributed by atoms with E-state index >= 15 is 0 Å². The van der Waals surface area contributed by atoms with E-state index in [1.54, 1.807) is 13.0 Å². The standard InChI is InChI=1S/C12H14ClFO/c1-8-6-9(2-3-11(8)14)12-10(7-13)4-5-15-12/h2-3,6,10,12H,4-5,7H2,1H3. The Bertz CT molecular complexity index is 353. The molecule has 1 heterocycles. The van der Waals surface area contributed by atoms with Gasteiger partial charge in [0.05, 0.1) is 6.10 Å². The quantitative estimate of drug-likeness (QED) is 0.705. The summed E-state index contributed by atoms with van der Waals surface area (Å²) in [5, 5.41) is 0. The van der Waals surface area contributed by atoms with Gasteiger partial charge in [0, 0.05) is 18.4 Å². The second-order valence-electron chi connectivity index (χ2n) is 4.00. The van der Waals surface area contributed by atoms with Crippen molar-refractivity contribution in [3.8, 4) is 0 Å². The highest BCUT2D eigenvalue weighted by Gasteiger charge is 2.28. The molecule has 0 saturated carbocycles. The smallest absolute Gasteiger partial charge is 0.126 e. The van der Waals surface area contributed by atoms with Crippen LogP contribution in [0.1, 0.15) is 23.7 Å². The second kappa shape index (κ2) is 4.50. The molecule has 1 aromatic carbocycles. The minimum absolute atomic E-state index is 0.0433. The summed E-state index contributed by atoms with van der Waals surface area (Å²) < 4.78 is 18.7. The van der Waals surface area contributed by atoms with Gasteiger partial charge in [0.15, 0.2) is 0 Å². The lowest BCUT2D eigenvalue weighted by molar-refractivity contribution is 0.0950.